The third-order valence-electron chi connectivity index (χ3n) is 4.01. The lowest BCUT2D eigenvalue weighted by atomic mass is 10.1. The Hall–Kier alpha value is -2.58. The number of fused-ring (bicyclic) bond motifs is 1. The summed E-state index contributed by atoms with van der Waals surface area (Å²) in [6.07, 6.45) is 0.167. The average Bonchev–Trinajstić information content (AvgIpc) is 2.93. The average molecular weight is 392 g/mol. The number of alkyl carbamates (subject to hydrolysis) is 1. The number of aryl methyl sites for hydroxylation is 1. The molecular formula is C20H28N2O6. The Bertz CT molecular complexity index is 824. The molecule has 1 unspecified atom stereocenters. The van der Waals surface area contributed by atoms with E-state index < -0.39 is 36.4 Å². The van der Waals surface area contributed by atoms with Crippen LogP contribution in [0.4, 0.5) is 4.79 Å². The standard InChI is InChI=1S/C20H28N2O6/c1-20(2,3)28-19(26)21-16(18(25)27-12-14(24)11-23)9-13-10-22(4)17-8-6-5-7-15(13)17/h5-8,10,14,16,23-24H,9,11-12H2,1-4H3,(H,21,26)/t14?,16-/m1/s1. The van der Waals surface area contributed by atoms with Gasteiger partial charge in [-0.15, -0.1) is 0 Å². The number of aromatic nitrogens is 1. The fourth-order valence-electron chi connectivity index (χ4n) is 2.78. The monoisotopic (exact) mass is 392 g/mol. The van der Waals surface area contributed by atoms with Crippen molar-refractivity contribution in [2.24, 2.45) is 7.05 Å². The van der Waals surface area contributed by atoms with E-state index in [1.54, 1.807) is 20.8 Å². The van der Waals surface area contributed by atoms with Gasteiger partial charge in [0.25, 0.3) is 0 Å². The molecule has 8 heteroatoms. The summed E-state index contributed by atoms with van der Waals surface area (Å²) in [6.45, 7) is 4.28. The second kappa shape index (κ2) is 9.07. The van der Waals surface area contributed by atoms with Crippen LogP contribution in [0, 0.1) is 0 Å². The molecule has 2 atom stereocenters. The Labute approximate surface area is 164 Å². The van der Waals surface area contributed by atoms with E-state index in [9.17, 15) is 14.7 Å². The number of esters is 1. The van der Waals surface area contributed by atoms with Crippen molar-refractivity contribution in [2.75, 3.05) is 13.2 Å². The Kier molecular flexibility index (Phi) is 7.04. The summed E-state index contributed by atoms with van der Waals surface area (Å²) in [5.41, 5.74) is 1.14. The van der Waals surface area contributed by atoms with E-state index >= 15 is 0 Å². The van der Waals surface area contributed by atoms with Gasteiger partial charge in [0.1, 0.15) is 24.4 Å². The zero-order valence-corrected chi connectivity index (χ0v) is 16.6. The SMILES string of the molecule is Cn1cc(C[C@@H](NC(=O)OC(C)(C)C)C(=O)OCC(O)CO)c2ccccc21. The van der Waals surface area contributed by atoms with Crippen molar-refractivity contribution in [2.45, 2.75) is 44.9 Å². The molecule has 0 aliphatic heterocycles. The molecule has 0 radical (unpaired) electrons. The molecule has 28 heavy (non-hydrogen) atoms. The maximum absolute atomic E-state index is 12.5. The van der Waals surface area contributed by atoms with Gasteiger partial charge in [0.2, 0.25) is 0 Å². The number of rotatable bonds is 7. The minimum atomic E-state index is -1.18. The van der Waals surface area contributed by atoms with Crippen LogP contribution in [0.3, 0.4) is 0 Å². The lowest BCUT2D eigenvalue weighted by molar-refractivity contribution is -0.149. The second-order valence-electron chi connectivity index (χ2n) is 7.65. The number of nitrogens with one attached hydrogen (secondary N) is 1. The van der Waals surface area contributed by atoms with Crippen LogP contribution in [0.15, 0.2) is 30.5 Å². The Morgan fingerprint density at radius 2 is 1.93 bits per heavy atom. The largest absolute Gasteiger partial charge is 0.461 e. The van der Waals surface area contributed by atoms with Gasteiger partial charge in [0.15, 0.2) is 0 Å². The van der Waals surface area contributed by atoms with E-state index in [0.29, 0.717) is 0 Å². The summed E-state index contributed by atoms with van der Waals surface area (Å²) >= 11 is 0. The predicted octanol–water partition coefficient (Wildman–Crippen LogP) is 1.51. The molecule has 0 aliphatic rings. The number of carbonyl (C=O) groups is 2. The number of para-hydroxylation sites is 1. The Balaban J connectivity index is 2.21. The van der Waals surface area contributed by atoms with Crippen molar-refractivity contribution in [3.8, 4) is 0 Å². The highest BCUT2D eigenvalue weighted by molar-refractivity contribution is 5.86. The summed E-state index contributed by atoms with van der Waals surface area (Å²) < 4.78 is 12.2. The maximum atomic E-state index is 12.5. The van der Waals surface area contributed by atoms with E-state index in [-0.39, 0.29) is 13.0 Å². The summed E-state index contributed by atoms with van der Waals surface area (Å²) in [5.74, 6) is -0.716. The highest BCUT2D eigenvalue weighted by Crippen LogP contribution is 2.22. The zero-order chi connectivity index (χ0) is 20.9. The maximum Gasteiger partial charge on any atom is 0.408 e. The first-order chi connectivity index (χ1) is 13.1. The second-order valence-corrected chi connectivity index (χ2v) is 7.65. The van der Waals surface area contributed by atoms with Gasteiger partial charge in [0, 0.05) is 30.6 Å². The van der Waals surface area contributed by atoms with Gasteiger partial charge in [-0.2, -0.15) is 0 Å². The van der Waals surface area contributed by atoms with Crippen LogP contribution in [-0.2, 0) is 27.7 Å². The lowest BCUT2D eigenvalue weighted by Gasteiger charge is -2.23. The molecule has 2 aromatic rings. The van der Waals surface area contributed by atoms with Gasteiger partial charge in [-0.1, -0.05) is 18.2 Å². The number of hydrogen-bond donors (Lipinski definition) is 3. The van der Waals surface area contributed by atoms with Crippen molar-refractivity contribution in [1.82, 2.24) is 9.88 Å². The number of benzene rings is 1. The molecule has 0 saturated heterocycles. The summed E-state index contributed by atoms with van der Waals surface area (Å²) in [7, 11) is 1.90. The quantitative estimate of drug-likeness (QED) is 0.616. The van der Waals surface area contributed by atoms with Gasteiger partial charge < -0.3 is 29.6 Å². The van der Waals surface area contributed by atoms with Crippen LogP contribution >= 0.6 is 0 Å². The molecular weight excluding hydrogens is 364 g/mol. The molecule has 1 amide bonds. The first-order valence-electron chi connectivity index (χ1n) is 9.08. The van der Waals surface area contributed by atoms with Gasteiger partial charge in [-0.25, -0.2) is 9.59 Å². The number of nitrogens with zero attached hydrogens (tertiary/aromatic N) is 1. The fraction of sp³-hybridized carbons (Fsp3) is 0.500. The van der Waals surface area contributed by atoms with E-state index in [0.717, 1.165) is 16.5 Å². The number of carbonyl (C=O) groups excluding carboxylic acids is 2. The minimum Gasteiger partial charge on any atom is -0.461 e. The Morgan fingerprint density at radius 3 is 2.57 bits per heavy atom. The third kappa shape index (κ3) is 5.97. The van der Waals surface area contributed by atoms with E-state index in [2.05, 4.69) is 5.32 Å². The van der Waals surface area contributed by atoms with Gasteiger partial charge >= 0.3 is 12.1 Å². The molecule has 1 aromatic carbocycles. The molecule has 0 saturated carbocycles. The number of aliphatic hydroxyl groups is 2. The van der Waals surface area contributed by atoms with Crippen LogP contribution in [0.1, 0.15) is 26.3 Å². The molecule has 1 aromatic heterocycles. The zero-order valence-electron chi connectivity index (χ0n) is 16.6. The smallest absolute Gasteiger partial charge is 0.408 e. The topological polar surface area (TPSA) is 110 Å². The third-order valence-corrected chi connectivity index (χ3v) is 4.01. The molecule has 2 rings (SSSR count). The molecule has 8 nitrogen and oxygen atoms in total. The van der Waals surface area contributed by atoms with E-state index in [1.807, 2.05) is 42.1 Å². The van der Waals surface area contributed by atoms with Crippen LogP contribution in [0.25, 0.3) is 10.9 Å². The normalized spacial score (nSPS) is 13.8. The molecule has 154 valence electrons. The number of amides is 1. The summed E-state index contributed by atoms with van der Waals surface area (Å²) in [5, 5.41) is 21.8. The van der Waals surface area contributed by atoms with Gasteiger partial charge in [0.05, 0.1) is 6.61 Å². The van der Waals surface area contributed by atoms with Crippen molar-refractivity contribution < 1.29 is 29.3 Å². The van der Waals surface area contributed by atoms with E-state index in [4.69, 9.17) is 14.6 Å². The van der Waals surface area contributed by atoms with E-state index in [1.165, 1.54) is 0 Å². The molecule has 0 aliphatic carbocycles. The van der Waals surface area contributed by atoms with Crippen LogP contribution in [-0.4, -0.2) is 57.8 Å². The van der Waals surface area contributed by atoms with Crippen molar-refractivity contribution in [1.29, 1.82) is 0 Å². The lowest BCUT2D eigenvalue weighted by Crippen LogP contribution is -2.46. The van der Waals surface area contributed by atoms with Crippen molar-refractivity contribution in [3.05, 3.63) is 36.0 Å². The minimum absolute atomic E-state index is 0.189. The number of aliphatic hydroxyl groups excluding tert-OH is 2. The predicted molar refractivity (Wildman–Crippen MR) is 104 cm³/mol. The summed E-state index contributed by atoms with van der Waals surface area (Å²) in [6, 6.07) is 6.72. The highest BCUT2D eigenvalue weighted by Gasteiger charge is 2.27. The molecule has 0 spiro atoms. The first kappa shape index (κ1) is 21.7. The number of ether oxygens (including phenoxy) is 2. The molecule has 1 heterocycles. The van der Waals surface area contributed by atoms with Crippen LogP contribution < -0.4 is 5.32 Å². The molecule has 0 fully saturated rings. The first-order valence-corrected chi connectivity index (χ1v) is 9.08. The van der Waals surface area contributed by atoms with Crippen LogP contribution in [0.2, 0.25) is 0 Å². The number of hydrogen-bond acceptors (Lipinski definition) is 6. The Morgan fingerprint density at radius 1 is 1.25 bits per heavy atom. The van der Waals surface area contributed by atoms with Crippen LogP contribution in [0.5, 0.6) is 0 Å². The molecule has 0 bridgehead atoms. The van der Waals surface area contributed by atoms with Gasteiger partial charge in [-0.05, 0) is 32.4 Å². The summed E-state index contributed by atoms with van der Waals surface area (Å²) in [4.78, 5) is 24.7. The van der Waals surface area contributed by atoms with Crippen molar-refractivity contribution in [3.63, 3.8) is 0 Å². The molecule has 3 N–H and O–H groups in total. The highest BCUT2D eigenvalue weighted by atomic mass is 16.6. The van der Waals surface area contributed by atoms with Gasteiger partial charge in [-0.3, -0.25) is 0 Å². The van der Waals surface area contributed by atoms with Crippen molar-refractivity contribution >= 4 is 23.0 Å². The fourth-order valence-corrected chi connectivity index (χ4v) is 2.78.